The van der Waals surface area contributed by atoms with Crippen molar-refractivity contribution in [2.45, 2.75) is 19.5 Å². The number of alkyl halides is 2. The van der Waals surface area contributed by atoms with Crippen molar-refractivity contribution in [1.82, 2.24) is 4.90 Å². The van der Waals surface area contributed by atoms with Gasteiger partial charge < -0.3 is 19.1 Å². The molecule has 0 bridgehead atoms. The molecule has 2 aromatic rings. The van der Waals surface area contributed by atoms with E-state index in [-0.39, 0.29) is 23.3 Å². The number of ether oxygens (including phenoxy) is 3. The summed E-state index contributed by atoms with van der Waals surface area (Å²) in [6.45, 7) is -1.02. The van der Waals surface area contributed by atoms with E-state index < -0.39 is 6.61 Å². The fourth-order valence-electron chi connectivity index (χ4n) is 3.39. The van der Waals surface area contributed by atoms with Crippen LogP contribution in [0.3, 0.4) is 0 Å². The molecule has 7 heteroatoms. The molecule has 0 aliphatic carbocycles. The van der Waals surface area contributed by atoms with Crippen molar-refractivity contribution in [3.05, 3.63) is 60.2 Å². The molecule has 0 spiro atoms. The number of carbonyl (C=O) groups excluding carboxylic acids is 1. The number of methoxy groups -OCH3 is 1. The van der Waals surface area contributed by atoms with Crippen molar-refractivity contribution in [2.24, 2.45) is 5.92 Å². The monoisotopic (exact) mass is 417 g/mol. The van der Waals surface area contributed by atoms with Gasteiger partial charge in [0.25, 0.3) is 0 Å². The second-order valence-corrected chi connectivity index (χ2v) is 7.04. The van der Waals surface area contributed by atoms with E-state index in [2.05, 4.69) is 4.74 Å². The minimum Gasteiger partial charge on any atom is -0.493 e. The van der Waals surface area contributed by atoms with Gasteiger partial charge in [-0.25, -0.2) is 0 Å². The number of benzene rings is 2. The van der Waals surface area contributed by atoms with Gasteiger partial charge in [0.15, 0.2) is 11.5 Å². The van der Waals surface area contributed by atoms with Gasteiger partial charge in [-0.15, -0.1) is 0 Å². The molecule has 1 saturated heterocycles. The van der Waals surface area contributed by atoms with Gasteiger partial charge in [0, 0.05) is 25.1 Å². The van der Waals surface area contributed by atoms with Gasteiger partial charge in [-0.2, -0.15) is 8.78 Å². The fourth-order valence-corrected chi connectivity index (χ4v) is 3.39. The highest BCUT2D eigenvalue weighted by Gasteiger charge is 2.23. The first-order chi connectivity index (χ1) is 14.5. The lowest BCUT2D eigenvalue weighted by molar-refractivity contribution is -0.127. The molecular weight excluding hydrogens is 392 g/mol. The van der Waals surface area contributed by atoms with Gasteiger partial charge >= 0.3 is 6.61 Å². The Hall–Kier alpha value is -3.09. The van der Waals surface area contributed by atoms with Crippen LogP contribution >= 0.6 is 0 Å². The number of piperidine rings is 1. The molecule has 1 unspecified atom stereocenters. The molecule has 1 atom stereocenters. The van der Waals surface area contributed by atoms with E-state index in [1.165, 1.54) is 19.3 Å². The largest absolute Gasteiger partial charge is 0.493 e. The molecule has 160 valence electrons. The first-order valence-corrected chi connectivity index (χ1v) is 9.83. The number of likely N-dealkylation sites (tertiary alicyclic amines) is 1. The predicted octanol–water partition coefficient (Wildman–Crippen LogP) is 4.63. The Balaban J connectivity index is 1.56. The number of hydrogen-bond acceptors (Lipinski definition) is 4. The number of carbonyl (C=O) groups is 1. The lowest BCUT2D eigenvalue weighted by Crippen LogP contribution is -2.40. The lowest BCUT2D eigenvalue weighted by atomic mass is 9.99. The molecule has 5 nitrogen and oxygen atoms in total. The van der Waals surface area contributed by atoms with E-state index in [1.807, 2.05) is 35.2 Å². The maximum absolute atomic E-state index is 12.6. The predicted molar refractivity (Wildman–Crippen MR) is 110 cm³/mol. The van der Waals surface area contributed by atoms with Crippen LogP contribution in [0.2, 0.25) is 0 Å². The van der Waals surface area contributed by atoms with Gasteiger partial charge in [-0.3, -0.25) is 4.79 Å². The Morgan fingerprint density at radius 2 is 2.00 bits per heavy atom. The lowest BCUT2D eigenvalue weighted by Gasteiger charge is -2.32. The van der Waals surface area contributed by atoms with Crippen molar-refractivity contribution in [3.8, 4) is 17.2 Å². The number of hydrogen-bond donors (Lipinski definition) is 0. The summed E-state index contributed by atoms with van der Waals surface area (Å²) in [6.07, 6.45) is 5.07. The van der Waals surface area contributed by atoms with Crippen LogP contribution in [0.25, 0.3) is 6.08 Å². The van der Waals surface area contributed by atoms with Crippen LogP contribution in [0.4, 0.5) is 8.78 Å². The molecule has 1 heterocycles. The maximum atomic E-state index is 12.6. The summed E-state index contributed by atoms with van der Waals surface area (Å²) in [5.41, 5.74) is 0.655. The van der Waals surface area contributed by atoms with E-state index in [1.54, 1.807) is 18.2 Å². The molecule has 0 saturated carbocycles. The number of amides is 1. The average molecular weight is 417 g/mol. The first-order valence-electron chi connectivity index (χ1n) is 9.83. The summed E-state index contributed by atoms with van der Waals surface area (Å²) in [6, 6.07) is 14.2. The summed E-state index contributed by atoms with van der Waals surface area (Å²) >= 11 is 0. The van der Waals surface area contributed by atoms with E-state index >= 15 is 0 Å². The molecule has 0 aromatic heterocycles. The third-order valence-electron chi connectivity index (χ3n) is 4.88. The molecule has 1 fully saturated rings. The van der Waals surface area contributed by atoms with Gasteiger partial charge in [0.1, 0.15) is 5.75 Å². The highest BCUT2D eigenvalue weighted by molar-refractivity contribution is 5.92. The number of rotatable bonds is 8. The SMILES string of the molecule is COc1cc(/C=C/C(=O)N2CCCC(COc3ccccc3)C2)ccc1OC(F)F. The van der Waals surface area contributed by atoms with Crippen LogP contribution in [0.5, 0.6) is 17.2 Å². The Bertz CT molecular complexity index is 858. The zero-order valence-electron chi connectivity index (χ0n) is 16.8. The zero-order chi connectivity index (χ0) is 21.3. The molecule has 2 aromatic carbocycles. The molecule has 1 aliphatic rings. The first kappa shape index (κ1) is 21.6. The highest BCUT2D eigenvalue weighted by atomic mass is 19.3. The Labute approximate surface area is 174 Å². The van der Waals surface area contributed by atoms with Crippen molar-refractivity contribution in [1.29, 1.82) is 0 Å². The highest BCUT2D eigenvalue weighted by Crippen LogP contribution is 2.30. The maximum Gasteiger partial charge on any atom is 0.387 e. The van der Waals surface area contributed by atoms with E-state index in [0.717, 1.165) is 18.6 Å². The number of nitrogens with zero attached hydrogens (tertiary/aromatic N) is 1. The Kier molecular flexibility index (Phi) is 7.65. The van der Waals surface area contributed by atoms with E-state index in [4.69, 9.17) is 9.47 Å². The topological polar surface area (TPSA) is 48.0 Å². The van der Waals surface area contributed by atoms with Crippen molar-refractivity contribution >= 4 is 12.0 Å². The van der Waals surface area contributed by atoms with Gasteiger partial charge in [0.05, 0.1) is 13.7 Å². The van der Waals surface area contributed by atoms with Crippen LogP contribution in [0.1, 0.15) is 18.4 Å². The van der Waals surface area contributed by atoms with E-state index in [0.29, 0.717) is 25.3 Å². The second kappa shape index (κ2) is 10.6. The smallest absolute Gasteiger partial charge is 0.387 e. The molecular formula is C23H25F2NO4. The molecule has 0 N–H and O–H groups in total. The normalized spacial score (nSPS) is 16.7. The quantitative estimate of drug-likeness (QED) is 0.588. The summed E-state index contributed by atoms with van der Waals surface area (Å²) in [4.78, 5) is 14.4. The number of halogens is 2. The molecule has 30 heavy (non-hydrogen) atoms. The van der Waals surface area contributed by atoms with Gasteiger partial charge in [-0.05, 0) is 48.7 Å². The van der Waals surface area contributed by atoms with Gasteiger partial charge in [-0.1, -0.05) is 24.3 Å². The van der Waals surface area contributed by atoms with E-state index in [9.17, 15) is 13.6 Å². The molecule has 0 radical (unpaired) electrons. The summed E-state index contributed by atoms with van der Waals surface area (Å²) < 4.78 is 40.2. The minimum atomic E-state index is -2.93. The van der Waals surface area contributed by atoms with Crippen LogP contribution in [0, 0.1) is 5.92 Å². The second-order valence-electron chi connectivity index (χ2n) is 7.04. The zero-order valence-corrected chi connectivity index (χ0v) is 16.8. The van der Waals surface area contributed by atoms with Crippen molar-refractivity contribution < 1.29 is 27.8 Å². The van der Waals surface area contributed by atoms with Gasteiger partial charge in [0.2, 0.25) is 5.91 Å². The minimum absolute atomic E-state index is 0.0479. The third kappa shape index (κ3) is 6.20. The summed E-state index contributed by atoms with van der Waals surface area (Å²) in [7, 11) is 1.37. The molecule has 1 aliphatic heterocycles. The average Bonchev–Trinajstić information content (AvgIpc) is 2.77. The Morgan fingerprint density at radius 1 is 1.20 bits per heavy atom. The van der Waals surface area contributed by atoms with Crippen molar-refractivity contribution in [2.75, 3.05) is 26.8 Å². The standard InChI is InChI=1S/C23H25F2NO4/c1-28-21-14-17(9-11-20(21)30-23(24)25)10-12-22(27)26-13-5-6-18(15-26)16-29-19-7-3-2-4-8-19/h2-4,7-12,14,18,23H,5-6,13,15-16H2,1H3/b12-10+. The number of para-hydroxylation sites is 1. The third-order valence-corrected chi connectivity index (χ3v) is 4.88. The van der Waals surface area contributed by atoms with Crippen LogP contribution in [0.15, 0.2) is 54.6 Å². The van der Waals surface area contributed by atoms with Crippen molar-refractivity contribution in [3.63, 3.8) is 0 Å². The molecule has 1 amide bonds. The Morgan fingerprint density at radius 3 is 2.73 bits per heavy atom. The van der Waals surface area contributed by atoms with Crippen LogP contribution in [-0.2, 0) is 4.79 Å². The summed E-state index contributed by atoms with van der Waals surface area (Å²) in [5, 5.41) is 0. The fraction of sp³-hybridized carbons (Fsp3) is 0.348. The molecule has 3 rings (SSSR count). The van der Waals surface area contributed by atoms with Crippen LogP contribution < -0.4 is 14.2 Å². The van der Waals surface area contributed by atoms with Crippen LogP contribution in [-0.4, -0.2) is 44.2 Å². The summed E-state index contributed by atoms with van der Waals surface area (Å²) in [5.74, 6) is 1.15.